The number of rotatable bonds is 2. The molecule has 1 atom stereocenters. The van der Waals surface area contributed by atoms with Crippen LogP contribution >= 0.6 is 0 Å². The summed E-state index contributed by atoms with van der Waals surface area (Å²) in [6.07, 6.45) is 2.25. The van der Waals surface area contributed by atoms with Crippen LogP contribution in [-0.4, -0.2) is 54.0 Å². The van der Waals surface area contributed by atoms with E-state index in [1.54, 1.807) is 31.7 Å². The zero-order valence-electron chi connectivity index (χ0n) is 14.3. The number of amides is 1. The highest BCUT2D eigenvalue weighted by Gasteiger charge is 2.27. The Balaban J connectivity index is 2.53. The van der Waals surface area contributed by atoms with E-state index in [0.717, 1.165) is 0 Å². The molecule has 0 aromatic rings. The van der Waals surface area contributed by atoms with E-state index in [0.29, 0.717) is 19.7 Å². The molecule has 0 aromatic heterocycles. The maximum atomic E-state index is 12.0. The van der Waals surface area contributed by atoms with Gasteiger partial charge in [0.2, 0.25) is 0 Å². The van der Waals surface area contributed by atoms with Crippen molar-refractivity contribution in [2.75, 3.05) is 19.7 Å². The first-order chi connectivity index (χ1) is 9.96. The molecule has 0 N–H and O–H groups in total. The highest BCUT2D eigenvalue weighted by atomic mass is 16.6. The highest BCUT2D eigenvalue weighted by Crippen LogP contribution is 2.14. The average Bonchev–Trinajstić information content (AvgIpc) is 2.32. The zero-order valence-corrected chi connectivity index (χ0v) is 14.3. The molecule has 0 radical (unpaired) electrons. The summed E-state index contributed by atoms with van der Waals surface area (Å²) in [7, 11) is 0. The molecule has 0 aromatic carbocycles. The van der Waals surface area contributed by atoms with Gasteiger partial charge in [-0.1, -0.05) is 0 Å². The predicted octanol–water partition coefficient (Wildman–Crippen LogP) is 2.52. The zero-order chi connectivity index (χ0) is 17.0. The van der Waals surface area contributed by atoms with Crippen LogP contribution in [0.25, 0.3) is 0 Å². The fourth-order valence-electron chi connectivity index (χ4n) is 1.81. The van der Waals surface area contributed by atoms with E-state index in [2.05, 4.69) is 0 Å². The van der Waals surface area contributed by atoms with E-state index < -0.39 is 17.2 Å². The molecule has 0 spiro atoms. The molecule has 1 aliphatic rings. The van der Waals surface area contributed by atoms with Crippen molar-refractivity contribution >= 4 is 12.1 Å². The lowest BCUT2D eigenvalue weighted by Crippen LogP contribution is -2.47. The molecule has 1 fully saturated rings. The third kappa shape index (κ3) is 7.45. The first kappa shape index (κ1) is 18.5. The van der Waals surface area contributed by atoms with E-state index in [4.69, 9.17) is 14.2 Å². The van der Waals surface area contributed by atoms with Crippen LogP contribution in [0.5, 0.6) is 0 Å². The van der Waals surface area contributed by atoms with Crippen molar-refractivity contribution < 1.29 is 23.8 Å². The summed E-state index contributed by atoms with van der Waals surface area (Å²) in [5.74, 6) is -0.425. The fourth-order valence-corrected chi connectivity index (χ4v) is 1.81. The minimum atomic E-state index is -0.531. The molecule has 6 nitrogen and oxygen atoms in total. The first-order valence-corrected chi connectivity index (χ1v) is 7.47. The van der Waals surface area contributed by atoms with Crippen molar-refractivity contribution in [2.24, 2.45) is 0 Å². The molecule has 1 aliphatic heterocycles. The lowest BCUT2D eigenvalue weighted by Gasteiger charge is -2.33. The molecule has 0 aliphatic carbocycles. The van der Waals surface area contributed by atoms with E-state index in [1.165, 1.54) is 6.08 Å². The lowest BCUT2D eigenvalue weighted by molar-refractivity contribution is -0.148. The Morgan fingerprint density at radius 1 is 1.09 bits per heavy atom. The van der Waals surface area contributed by atoms with E-state index in [9.17, 15) is 9.59 Å². The van der Waals surface area contributed by atoms with E-state index >= 15 is 0 Å². The number of carbonyl (C=O) groups excluding carboxylic acids is 2. The molecule has 22 heavy (non-hydrogen) atoms. The molecule has 1 amide bonds. The minimum absolute atomic E-state index is 0.339. The molecule has 126 valence electrons. The largest absolute Gasteiger partial charge is 0.457 e. The number of nitrogens with zero attached hydrogens (tertiary/aromatic N) is 1. The fraction of sp³-hybridized carbons (Fsp3) is 0.750. The van der Waals surface area contributed by atoms with Crippen LogP contribution in [0, 0.1) is 0 Å². The molecule has 0 saturated carbocycles. The second-order valence-electron chi connectivity index (χ2n) is 7.23. The summed E-state index contributed by atoms with van der Waals surface area (Å²) < 4.78 is 16.0. The van der Waals surface area contributed by atoms with Crippen molar-refractivity contribution in [3.8, 4) is 0 Å². The maximum Gasteiger partial charge on any atom is 0.410 e. The van der Waals surface area contributed by atoms with Crippen LogP contribution in [0.2, 0.25) is 0 Å². The summed E-state index contributed by atoms with van der Waals surface area (Å²) in [6.45, 7) is 12.1. The van der Waals surface area contributed by atoms with Gasteiger partial charge in [-0.05, 0) is 47.6 Å². The third-order valence-electron chi connectivity index (χ3n) is 2.60. The number of morpholine rings is 1. The van der Waals surface area contributed by atoms with Crippen molar-refractivity contribution in [3.05, 3.63) is 12.2 Å². The smallest absolute Gasteiger partial charge is 0.410 e. The molecule has 1 saturated heterocycles. The second kappa shape index (κ2) is 7.13. The number of esters is 1. The van der Waals surface area contributed by atoms with Crippen LogP contribution in [0.3, 0.4) is 0 Å². The summed E-state index contributed by atoms with van der Waals surface area (Å²) >= 11 is 0. The highest BCUT2D eigenvalue weighted by molar-refractivity contribution is 5.82. The van der Waals surface area contributed by atoms with Gasteiger partial charge in [0.15, 0.2) is 0 Å². The first-order valence-electron chi connectivity index (χ1n) is 7.47. The Kier molecular flexibility index (Phi) is 6.00. The SMILES string of the molecule is CC(C)(C)OC(=O)C=C[C@@H]1CN(C(=O)OC(C)(C)C)CCO1. The summed E-state index contributed by atoms with van der Waals surface area (Å²) in [5, 5.41) is 0. The van der Waals surface area contributed by atoms with Crippen molar-refractivity contribution in [1.29, 1.82) is 0 Å². The number of hydrogen-bond donors (Lipinski definition) is 0. The Hall–Kier alpha value is -1.56. The normalized spacial score (nSPS) is 20.1. The van der Waals surface area contributed by atoms with Gasteiger partial charge < -0.3 is 19.1 Å². The Morgan fingerprint density at radius 3 is 2.23 bits per heavy atom. The number of carbonyl (C=O) groups is 2. The number of hydrogen-bond acceptors (Lipinski definition) is 5. The second-order valence-corrected chi connectivity index (χ2v) is 7.23. The van der Waals surface area contributed by atoms with E-state index in [1.807, 2.05) is 20.8 Å². The lowest BCUT2D eigenvalue weighted by atomic mass is 10.2. The molecular formula is C16H27NO5. The molecule has 1 rings (SSSR count). The quantitative estimate of drug-likeness (QED) is 0.579. The summed E-state index contributed by atoms with van der Waals surface area (Å²) in [5.41, 5.74) is -1.06. The van der Waals surface area contributed by atoms with Gasteiger partial charge >= 0.3 is 12.1 Å². The summed E-state index contributed by atoms with van der Waals surface area (Å²) in [6, 6.07) is 0. The van der Waals surface area contributed by atoms with Gasteiger partial charge in [0.05, 0.1) is 19.3 Å². The van der Waals surface area contributed by atoms with Gasteiger partial charge in [-0.15, -0.1) is 0 Å². The monoisotopic (exact) mass is 313 g/mol. The molecule has 0 unspecified atom stereocenters. The molecular weight excluding hydrogens is 286 g/mol. The van der Waals surface area contributed by atoms with Gasteiger partial charge in [0, 0.05) is 12.6 Å². The minimum Gasteiger partial charge on any atom is -0.457 e. The van der Waals surface area contributed by atoms with Crippen LogP contribution in [-0.2, 0) is 19.0 Å². The van der Waals surface area contributed by atoms with Crippen LogP contribution < -0.4 is 0 Å². The Labute approximate surface area is 132 Å². The van der Waals surface area contributed by atoms with Gasteiger partial charge in [-0.3, -0.25) is 0 Å². The Morgan fingerprint density at radius 2 is 1.68 bits per heavy atom. The molecule has 1 heterocycles. The van der Waals surface area contributed by atoms with E-state index in [-0.39, 0.29) is 12.2 Å². The van der Waals surface area contributed by atoms with Gasteiger partial charge in [-0.25, -0.2) is 9.59 Å². The van der Waals surface area contributed by atoms with Crippen LogP contribution in [0.4, 0.5) is 4.79 Å². The third-order valence-corrected chi connectivity index (χ3v) is 2.60. The molecule has 6 heteroatoms. The maximum absolute atomic E-state index is 12.0. The van der Waals surface area contributed by atoms with Crippen molar-refractivity contribution in [3.63, 3.8) is 0 Å². The average molecular weight is 313 g/mol. The Bertz CT molecular complexity index is 431. The van der Waals surface area contributed by atoms with Crippen LogP contribution in [0.1, 0.15) is 41.5 Å². The summed E-state index contributed by atoms with van der Waals surface area (Å²) in [4.78, 5) is 25.2. The number of ether oxygens (including phenoxy) is 3. The van der Waals surface area contributed by atoms with Crippen molar-refractivity contribution in [1.82, 2.24) is 4.90 Å². The molecule has 0 bridgehead atoms. The van der Waals surface area contributed by atoms with Gasteiger partial charge in [0.25, 0.3) is 0 Å². The van der Waals surface area contributed by atoms with Crippen molar-refractivity contribution in [2.45, 2.75) is 58.8 Å². The standard InChI is InChI=1S/C16H27NO5/c1-15(2,3)21-13(18)8-7-12-11-17(9-10-20-12)14(19)22-16(4,5)6/h7-8,12H,9-11H2,1-6H3/t12-/m1/s1. The van der Waals surface area contributed by atoms with Crippen LogP contribution in [0.15, 0.2) is 12.2 Å². The van der Waals surface area contributed by atoms with Gasteiger partial charge in [-0.2, -0.15) is 0 Å². The van der Waals surface area contributed by atoms with Gasteiger partial charge in [0.1, 0.15) is 11.2 Å². The predicted molar refractivity (Wildman–Crippen MR) is 82.5 cm³/mol. The topological polar surface area (TPSA) is 65.1 Å².